The molecule has 0 aromatic heterocycles. The lowest BCUT2D eigenvalue weighted by Gasteiger charge is -2.19. The maximum Gasteiger partial charge on any atom is 0.344 e. The minimum Gasteiger partial charge on any atom is -0.488 e. The largest absolute Gasteiger partial charge is 0.488 e. The quantitative estimate of drug-likeness (QED) is 0.379. The first-order valence-corrected chi connectivity index (χ1v) is 10.1. The third-order valence-corrected chi connectivity index (χ3v) is 4.79. The second kappa shape index (κ2) is 9.94. The first-order valence-electron chi connectivity index (χ1n) is 10.1. The fraction of sp³-hybridized carbons (Fsp3) is 0.231. The number of nitrogens with zero attached hydrogens (tertiary/aromatic N) is 1. The Bertz CT molecular complexity index is 1040. The number of oxime groups is 1. The molecule has 0 spiro atoms. The standard InChI is InChI=1S/C26H27NO4/c1-26(2,3)23-13-9-19(10-14-23)17-30-24-15-21(20-7-5-4-6-8-20)11-12-22(24)16-27-31-18-25(28)29/h4-16H,17-18H2,1-3H3,(H,28,29)/b27-16+. The molecule has 0 fully saturated rings. The highest BCUT2D eigenvalue weighted by atomic mass is 16.6. The third-order valence-electron chi connectivity index (χ3n) is 4.79. The van der Waals surface area contributed by atoms with Gasteiger partial charge in [0.05, 0.1) is 6.21 Å². The van der Waals surface area contributed by atoms with Gasteiger partial charge in [0.2, 0.25) is 6.61 Å². The highest BCUT2D eigenvalue weighted by molar-refractivity contribution is 5.85. The highest BCUT2D eigenvalue weighted by Gasteiger charge is 2.13. The number of carbonyl (C=O) groups is 1. The maximum atomic E-state index is 10.6. The molecule has 0 aliphatic heterocycles. The summed E-state index contributed by atoms with van der Waals surface area (Å²) in [5, 5.41) is 12.4. The van der Waals surface area contributed by atoms with Crippen molar-refractivity contribution in [3.63, 3.8) is 0 Å². The van der Waals surface area contributed by atoms with Gasteiger partial charge in [0.1, 0.15) is 12.4 Å². The Morgan fingerprint density at radius 1 is 0.968 bits per heavy atom. The van der Waals surface area contributed by atoms with Crippen molar-refractivity contribution < 1.29 is 19.5 Å². The van der Waals surface area contributed by atoms with Crippen LogP contribution >= 0.6 is 0 Å². The molecule has 3 rings (SSSR count). The van der Waals surface area contributed by atoms with Gasteiger partial charge in [-0.3, -0.25) is 0 Å². The molecule has 160 valence electrons. The van der Waals surface area contributed by atoms with Crippen LogP contribution in [0.2, 0.25) is 0 Å². The van der Waals surface area contributed by atoms with Crippen LogP contribution in [0.4, 0.5) is 0 Å². The molecule has 1 N–H and O–H groups in total. The fourth-order valence-electron chi connectivity index (χ4n) is 3.02. The van der Waals surface area contributed by atoms with Crippen LogP contribution in [-0.2, 0) is 21.7 Å². The lowest BCUT2D eigenvalue weighted by molar-refractivity contribution is -0.142. The van der Waals surface area contributed by atoms with Crippen molar-refractivity contribution in [3.8, 4) is 16.9 Å². The second-order valence-corrected chi connectivity index (χ2v) is 8.26. The lowest BCUT2D eigenvalue weighted by Crippen LogP contribution is -2.10. The van der Waals surface area contributed by atoms with E-state index in [-0.39, 0.29) is 5.41 Å². The molecule has 0 saturated carbocycles. The van der Waals surface area contributed by atoms with Crippen molar-refractivity contribution in [1.29, 1.82) is 0 Å². The van der Waals surface area contributed by atoms with Gasteiger partial charge in [-0.25, -0.2) is 4.79 Å². The summed E-state index contributed by atoms with van der Waals surface area (Å²) < 4.78 is 6.13. The van der Waals surface area contributed by atoms with Crippen molar-refractivity contribution in [3.05, 3.63) is 89.5 Å². The van der Waals surface area contributed by atoms with E-state index in [0.717, 1.165) is 16.7 Å². The SMILES string of the molecule is CC(C)(C)c1ccc(COc2cc(-c3ccccc3)ccc2/C=N/OCC(=O)O)cc1. The van der Waals surface area contributed by atoms with E-state index in [2.05, 4.69) is 50.2 Å². The predicted molar refractivity (Wildman–Crippen MR) is 123 cm³/mol. The zero-order valence-corrected chi connectivity index (χ0v) is 18.0. The van der Waals surface area contributed by atoms with E-state index in [1.54, 1.807) is 0 Å². The van der Waals surface area contributed by atoms with Gasteiger partial charge in [0, 0.05) is 5.56 Å². The van der Waals surface area contributed by atoms with E-state index < -0.39 is 12.6 Å². The molecule has 3 aromatic rings. The first-order chi connectivity index (χ1) is 14.8. The van der Waals surface area contributed by atoms with Crippen LogP contribution in [0.3, 0.4) is 0 Å². The van der Waals surface area contributed by atoms with Gasteiger partial charge < -0.3 is 14.7 Å². The van der Waals surface area contributed by atoms with Crippen LogP contribution in [0.5, 0.6) is 5.75 Å². The molecule has 0 heterocycles. The minimum absolute atomic E-state index is 0.100. The Hall–Kier alpha value is -3.60. The molecule has 0 radical (unpaired) electrons. The molecule has 0 unspecified atom stereocenters. The summed E-state index contributed by atoms with van der Waals surface area (Å²) >= 11 is 0. The molecule has 0 bridgehead atoms. The molecule has 0 amide bonds. The predicted octanol–water partition coefficient (Wildman–Crippen LogP) is 5.67. The molecular weight excluding hydrogens is 390 g/mol. The zero-order chi connectivity index (χ0) is 22.3. The number of aliphatic carboxylic acids is 1. The van der Waals surface area contributed by atoms with Gasteiger partial charge >= 0.3 is 5.97 Å². The van der Waals surface area contributed by atoms with Crippen molar-refractivity contribution >= 4 is 12.2 Å². The molecule has 5 heteroatoms. The summed E-state index contributed by atoms with van der Waals surface area (Å²) in [4.78, 5) is 15.4. The average Bonchev–Trinajstić information content (AvgIpc) is 2.76. The number of hydrogen-bond donors (Lipinski definition) is 1. The molecular formula is C26H27NO4. The van der Waals surface area contributed by atoms with E-state index in [4.69, 9.17) is 14.7 Å². The van der Waals surface area contributed by atoms with E-state index in [0.29, 0.717) is 17.9 Å². The summed E-state index contributed by atoms with van der Waals surface area (Å²) in [6.45, 7) is 6.47. The van der Waals surface area contributed by atoms with Crippen LogP contribution in [-0.4, -0.2) is 23.9 Å². The van der Waals surface area contributed by atoms with E-state index >= 15 is 0 Å². The molecule has 0 aliphatic rings. The topological polar surface area (TPSA) is 68.1 Å². The van der Waals surface area contributed by atoms with Gasteiger partial charge in [-0.2, -0.15) is 0 Å². The van der Waals surface area contributed by atoms with E-state index in [1.165, 1.54) is 11.8 Å². The zero-order valence-electron chi connectivity index (χ0n) is 18.0. The maximum absolute atomic E-state index is 10.6. The average molecular weight is 418 g/mol. The van der Waals surface area contributed by atoms with Gasteiger partial charge in [0.25, 0.3) is 0 Å². The summed E-state index contributed by atoms with van der Waals surface area (Å²) in [6.07, 6.45) is 1.47. The third kappa shape index (κ3) is 6.44. The van der Waals surface area contributed by atoms with Gasteiger partial charge in [-0.1, -0.05) is 86.6 Å². The number of hydrogen-bond acceptors (Lipinski definition) is 4. The normalized spacial score (nSPS) is 11.5. The number of carboxylic acids is 1. The molecule has 31 heavy (non-hydrogen) atoms. The number of benzene rings is 3. The van der Waals surface area contributed by atoms with Crippen molar-refractivity contribution in [2.45, 2.75) is 32.8 Å². The summed E-state index contributed by atoms with van der Waals surface area (Å²) in [5.74, 6) is -0.435. The van der Waals surface area contributed by atoms with Crippen LogP contribution in [0.1, 0.15) is 37.5 Å². The Labute approximate surface area is 182 Å². The highest BCUT2D eigenvalue weighted by Crippen LogP contribution is 2.28. The van der Waals surface area contributed by atoms with E-state index in [1.807, 2.05) is 48.5 Å². The van der Waals surface area contributed by atoms with Crippen molar-refractivity contribution in [2.24, 2.45) is 5.16 Å². The molecule has 3 aromatic carbocycles. The fourth-order valence-corrected chi connectivity index (χ4v) is 3.02. The summed E-state index contributed by atoms with van der Waals surface area (Å²) in [6, 6.07) is 24.2. The molecule has 5 nitrogen and oxygen atoms in total. The van der Waals surface area contributed by atoms with Crippen molar-refractivity contribution in [2.75, 3.05) is 6.61 Å². The lowest BCUT2D eigenvalue weighted by atomic mass is 9.87. The number of rotatable bonds is 8. The van der Waals surface area contributed by atoms with Crippen molar-refractivity contribution in [1.82, 2.24) is 0 Å². The molecule has 0 atom stereocenters. The van der Waals surface area contributed by atoms with Gasteiger partial charge in [-0.15, -0.1) is 0 Å². The summed E-state index contributed by atoms with van der Waals surface area (Å²) in [5.41, 5.74) is 5.23. The number of carboxylic acid groups (broad SMARTS) is 1. The van der Waals surface area contributed by atoms with Crippen LogP contribution in [0.15, 0.2) is 78.0 Å². The summed E-state index contributed by atoms with van der Waals surface area (Å²) in [7, 11) is 0. The Morgan fingerprint density at radius 3 is 2.32 bits per heavy atom. The Morgan fingerprint density at radius 2 is 1.68 bits per heavy atom. The Kier molecular flexibility index (Phi) is 7.08. The monoisotopic (exact) mass is 417 g/mol. The van der Waals surface area contributed by atoms with Gasteiger partial charge in [-0.05, 0) is 39.8 Å². The number of ether oxygens (including phenoxy) is 1. The van der Waals surface area contributed by atoms with Crippen LogP contribution in [0.25, 0.3) is 11.1 Å². The minimum atomic E-state index is -1.08. The van der Waals surface area contributed by atoms with Gasteiger partial charge in [0.15, 0.2) is 0 Å². The second-order valence-electron chi connectivity index (χ2n) is 8.26. The van der Waals surface area contributed by atoms with Crippen LogP contribution < -0.4 is 4.74 Å². The molecule has 0 aliphatic carbocycles. The first kappa shape index (κ1) is 22.1. The molecule has 0 saturated heterocycles. The Balaban J connectivity index is 1.81. The van der Waals surface area contributed by atoms with Crippen LogP contribution in [0, 0.1) is 0 Å². The smallest absolute Gasteiger partial charge is 0.344 e. The van der Waals surface area contributed by atoms with E-state index in [9.17, 15) is 4.79 Å².